The quantitative estimate of drug-likeness (QED) is 0.696. The molecular formula is C17H28FNO. The second-order valence-corrected chi connectivity index (χ2v) is 5.40. The second-order valence-electron chi connectivity index (χ2n) is 5.40. The van der Waals surface area contributed by atoms with E-state index in [1.807, 2.05) is 0 Å². The summed E-state index contributed by atoms with van der Waals surface area (Å²) >= 11 is 0. The maximum absolute atomic E-state index is 12.9. The second kappa shape index (κ2) is 9.89. The van der Waals surface area contributed by atoms with Gasteiger partial charge in [-0.3, -0.25) is 0 Å². The van der Waals surface area contributed by atoms with E-state index in [2.05, 4.69) is 18.7 Å². The van der Waals surface area contributed by atoms with E-state index in [1.165, 1.54) is 37.8 Å². The molecule has 0 saturated heterocycles. The lowest BCUT2D eigenvalue weighted by molar-refractivity contribution is 0.140. The van der Waals surface area contributed by atoms with Crippen molar-refractivity contribution in [3.05, 3.63) is 35.6 Å². The van der Waals surface area contributed by atoms with Crippen molar-refractivity contribution in [1.29, 1.82) is 0 Å². The first-order valence-corrected chi connectivity index (χ1v) is 7.83. The van der Waals surface area contributed by atoms with Crippen LogP contribution >= 0.6 is 0 Å². The summed E-state index contributed by atoms with van der Waals surface area (Å²) in [5.41, 5.74) is 0.803. The standard InChI is InChI=1S/C17H28FNO/c1-3-5-12-19(13-6-4-2)14-11-17(20)15-7-9-16(18)10-8-15/h7-10,17,20H,3-6,11-14H2,1-2H3. The average Bonchev–Trinajstić information content (AvgIpc) is 2.47. The summed E-state index contributed by atoms with van der Waals surface area (Å²) < 4.78 is 12.9. The monoisotopic (exact) mass is 281 g/mol. The minimum Gasteiger partial charge on any atom is -0.388 e. The molecule has 1 rings (SSSR count). The average molecular weight is 281 g/mol. The van der Waals surface area contributed by atoms with Crippen LogP contribution in [0.1, 0.15) is 57.6 Å². The number of unbranched alkanes of at least 4 members (excludes halogenated alkanes) is 2. The van der Waals surface area contributed by atoms with Crippen LogP contribution in [0.5, 0.6) is 0 Å². The van der Waals surface area contributed by atoms with Crippen molar-refractivity contribution in [2.24, 2.45) is 0 Å². The first kappa shape index (κ1) is 17.1. The zero-order valence-corrected chi connectivity index (χ0v) is 12.8. The molecule has 0 spiro atoms. The largest absolute Gasteiger partial charge is 0.388 e. The van der Waals surface area contributed by atoms with Gasteiger partial charge in [-0.05, 0) is 50.0 Å². The molecule has 0 aromatic heterocycles. The molecule has 1 aromatic carbocycles. The summed E-state index contributed by atoms with van der Waals surface area (Å²) in [5, 5.41) is 10.2. The van der Waals surface area contributed by atoms with Crippen molar-refractivity contribution in [3.8, 4) is 0 Å². The van der Waals surface area contributed by atoms with Crippen LogP contribution in [0.3, 0.4) is 0 Å². The molecule has 1 atom stereocenters. The zero-order valence-electron chi connectivity index (χ0n) is 12.8. The summed E-state index contributed by atoms with van der Waals surface area (Å²) in [7, 11) is 0. The maximum atomic E-state index is 12.9. The van der Waals surface area contributed by atoms with Gasteiger partial charge >= 0.3 is 0 Å². The van der Waals surface area contributed by atoms with Gasteiger partial charge in [-0.15, -0.1) is 0 Å². The highest BCUT2D eigenvalue weighted by molar-refractivity contribution is 5.18. The molecule has 20 heavy (non-hydrogen) atoms. The molecule has 0 aliphatic carbocycles. The molecule has 1 N–H and O–H groups in total. The predicted molar refractivity (Wildman–Crippen MR) is 82.2 cm³/mol. The van der Waals surface area contributed by atoms with Gasteiger partial charge in [0.05, 0.1) is 6.10 Å². The molecule has 1 aromatic rings. The fraction of sp³-hybridized carbons (Fsp3) is 0.647. The number of benzene rings is 1. The molecule has 2 nitrogen and oxygen atoms in total. The summed E-state index contributed by atoms with van der Waals surface area (Å²) in [6.45, 7) is 7.51. The van der Waals surface area contributed by atoms with Crippen molar-refractivity contribution in [1.82, 2.24) is 4.90 Å². The molecule has 0 bridgehead atoms. The smallest absolute Gasteiger partial charge is 0.123 e. The Labute approximate surface area is 122 Å². The highest BCUT2D eigenvalue weighted by Crippen LogP contribution is 2.17. The highest BCUT2D eigenvalue weighted by atomic mass is 19.1. The number of nitrogens with zero attached hydrogens (tertiary/aromatic N) is 1. The van der Waals surface area contributed by atoms with Gasteiger partial charge in [-0.25, -0.2) is 4.39 Å². The van der Waals surface area contributed by atoms with E-state index >= 15 is 0 Å². The normalized spacial score (nSPS) is 12.8. The molecular weight excluding hydrogens is 253 g/mol. The molecule has 0 amide bonds. The van der Waals surface area contributed by atoms with Crippen LogP contribution in [0, 0.1) is 5.82 Å². The molecule has 0 radical (unpaired) electrons. The van der Waals surface area contributed by atoms with Gasteiger partial charge in [0, 0.05) is 6.54 Å². The van der Waals surface area contributed by atoms with Crippen LogP contribution in [-0.2, 0) is 0 Å². The number of aliphatic hydroxyl groups is 1. The van der Waals surface area contributed by atoms with Crippen molar-refractivity contribution in [2.75, 3.05) is 19.6 Å². The molecule has 0 aliphatic heterocycles. The molecule has 0 heterocycles. The van der Waals surface area contributed by atoms with Crippen molar-refractivity contribution < 1.29 is 9.50 Å². The van der Waals surface area contributed by atoms with Crippen LogP contribution in [0.4, 0.5) is 4.39 Å². The van der Waals surface area contributed by atoms with Gasteiger partial charge < -0.3 is 10.0 Å². The summed E-state index contributed by atoms with van der Waals surface area (Å²) in [6, 6.07) is 6.15. The lowest BCUT2D eigenvalue weighted by Crippen LogP contribution is -2.28. The van der Waals surface area contributed by atoms with Crippen LogP contribution in [-0.4, -0.2) is 29.6 Å². The minimum absolute atomic E-state index is 0.256. The maximum Gasteiger partial charge on any atom is 0.123 e. The Morgan fingerprint density at radius 3 is 2.05 bits per heavy atom. The van der Waals surface area contributed by atoms with E-state index in [0.717, 1.165) is 25.2 Å². The Morgan fingerprint density at radius 2 is 1.55 bits per heavy atom. The van der Waals surface area contributed by atoms with Gasteiger partial charge in [-0.1, -0.05) is 38.8 Å². The Bertz CT molecular complexity index is 345. The van der Waals surface area contributed by atoms with E-state index in [4.69, 9.17) is 0 Å². The van der Waals surface area contributed by atoms with Gasteiger partial charge in [0.25, 0.3) is 0 Å². The third kappa shape index (κ3) is 6.49. The molecule has 1 unspecified atom stereocenters. The SMILES string of the molecule is CCCCN(CCCC)CCC(O)c1ccc(F)cc1. The van der Waals surface area contributed by atoms with E-state index in [1.54, 1.807) is 12.1 Å². The Hall–Kier alpha value is -0.930. The van der Waals surface area contributed by atoms with Crippen LogP contribution in [0.2, 0.25) is 0 Å². The van der Waals surface area contributed by atoms with Crippen molar-refractivity contribution in [2.45, 2.75) is 52.1 Å². The van der Waals surface area contributed by atoms with Gasteiger partial charge in [0.15, 0.2) is 0 Å². The molecule has 114 valence electrons. The fourth-order valence-corrected chi connectivity index (χ4v) is 2.26. The summed E-state index contributed by atoms with van der Waals surface area (Å²) in [5.74, 6) is -0.256. The number of rotatable bonds is 10. The number of aliphatic hydroxyl groups excluding tert-OH is 1. The summed E-state index contributed by atoms with van der Waals surface area (Å²) in [6.07, 6.45) is 5.01. The van der Waals surface area contributed by atoms with Crippen molar-refractivity contribution >= 4 is 0 Å². The number of halogens is 1. The van der Waals surface area contributed by atoms with Gasteiger partial charge in [0.1, 0.15) is 5.82 Å². The number of hydrogen-bond acceptors (Lipinski definition) is 2. The number of hydrogen-bond donors (Lipinski definition) is 1. The van der Waals surface area contributed by atoms with E-state index in [0.29, 0.717) is 6.42 Å². The van der Waals surface area contributed by atoms with Crippen LogP contribution in [0.25, 0.3) is 0 Å². The lowest BCUT2D eigenvalue weighted by Gasteiger charge is -2.23. The van der Waals surface area contributed by atoms with Crippen LogP contribution in [0.15, 0.2) is 24.3 Å². The van der Waals surface area contributed by atoms with Crippen LogP contribution < -0.4 is 0 Å². The molecule has 0 aliphatic rings. The van der Waals surface area contributed by atoms with E-state index in [-0.39, 0.29) is 5.82 Å². The first-order valence-electron chi connectivity index (χ1n) is 7.83. The Balaban J connectivity index is 2.41. The van der Waals surface area contributed by atoms with Gasteiger partial charge in [0.2, 0.25) is 0 Å². The Morgan fingerprint density at radius 1 is 1.00 bits per heavy atom. The molecule has 3 heteroatoms. The summed E-state index contributed by atoms with van der Waals surface area (Å²) in [4.78, 5) is 2.43. The zero-order chi connectivity index (χ0) is 14.8. The van der Waals surface area contributed by atoms with E-state index < -0.39 is 6.10 Å². The molecule has 0 fully saturated rings. The topological polar surface area (TPSA) is 23.5 Å². The van der Waals surface area contributed by atoms with Crippen molar-refractivity contribution in [3.63, 3.8) is 0 Å². The fourth-order valence-electron chi connectivity index (χ4n) is 2.26. The van der Waals surface area contributed by atoms with Gasteiger partial charge in [-0.2, -0.15) is 0 Å². The minimum atomic E-state index is -0.499. The molecule has 0 saturated carbocycles. The Kier molecular flexibility index (Phi) is 8.47. The third-order valence-corrected chi connectivity index (χ3v) is 3.63. The highest BCUT2D eigenvalue weighted by Gasteiger charge is 2.10. The lowest BCUT2D eigenvalue weighted by atomic mass is 10.1. The predicted octanol–water partition coefficient (Wildman–Crippen LogP) is 4.15. The first-order chi connectivity index (χ1) is 9.67. The third-order valence-electron chi connectivity index (χ3n) is 3.63. The van der Waals surface area contributed by atoms with E-state index in [9.17, 15) is 9.50 Å².